The Hall–Kier alpha value is -0.120. The molecule has 1 fully saturated rings. The molecule has 1 heterocycles. The molecule has 0 bridgehead atoms. The van der Waals surface area contributed by atoms with Crippen LogP contribution in [0.1, 0.15) is 39.5 Å². The van der Waals surface area contributed by atoms with Crippen LogP contribution in [-0.2, 0) is 4.74 Å². The predicted molar refractivity (Wildman–Crippen MR) is 68.8 cm³/mol. The molecule has 1 N–H and O–H groups in total. The number of likely N-dealkylation sites (tertiary alicyclic amines) is 1. The third-order valence-corrected chi connectivity index (χ3v) is 3.59. The van der Waals surface area contributed by atoms with Crippen molar-refractivity contribution in [3.8, 4) is 0 Å². The van der Waals surface area contributed by atoms with Crippen LogP contribution < -0.4 is 5.32 Å². The van der Waals surface area contributed by atoms with Crippen molar-refractivity contribution in [2.75, 3.05) is 33.4 Å². The van der Waals surface area contributed by atoms with Crippen LogP contribution in [0.5, 0.6) is 0 Å². The second-order valence-corrected chi connectivity index (χ2v) is 4.86. The van der Waals surface area contributed by atoms with Gasteiger partial charge in [-0.25, -0.2) is 0 Å². The summed E-state index contributed by atoms with van der Waals surface area (Å²) in [4.78, 5) is 2.56. The molecule has 1 aliphatic rings. The molecule has 0 aromatic carbocycles. The summed E-state index contributed by atoms with van der Waals surface area (Å²) < 4.78 is 5.62. The van der Waals surface area contributed by atoms with Crippen LogP contribution in [0, 0.1) is 0 Å². The number of hydrogen-bond acceptors (Lipinski definition) is 3. The summed E-state index contributed by atoms with van der Waals surface area (Å²) in [6, 6.07) is 1.41. The number of nitrogens with zero attached hydrogens (tertiary/aromatic N) is 1. The number of ether oxygens (including phenoxy) is 1. The maximum atomic E-state index is 5.62. The highest BCUT2D eigenvalue weighted by Gasteiger charge is 2.23. The van der Waals surface area contributed by atoms with Crippen molar-refractivity contribution in [1.29, 1.82) is 0 Å². The van der Waals surface area contributed by atoms with Crippen molar-refractivity contribution in [2.24, 2.45) is 0 Å². The fraction of sp³-hybridized carbons (Fsp3) is 1.00. The van der Waals surface area contributed by atoms with E-state index >= 15 is 0 Å². The summed E-state index contributed by atoms with van der Waals surface area (Å²) in [5.74, 6) is 0. The van der Waals surface area contributed by atoms with E-state index in [4.69, 9.17) is 4.74 Å². The van der Waals surface area contributed by atoms with Gasteiger partial charge in [0.15, 0.2) is 0 Å². The molecule has 3 heteroatoms. The van der Waals surface area contributed by atoms with Gasteiger partial charge < -0.3 is 10.1 Å². The van der Waals surface area contributed by atoms with E-state index in [0.717, 1.165) is 19.8 Å². The molecule has 2 atom stereocenters. The molecule has 0 aliphatic carbocycles. The topological polar surface area (TPSA) is 24.5 Å². The summed E-state index contributed by atoms with van der Waals surface area (Å²) in [6.45, 7) is 8.67. The number of unbranched alkanes of at least 4 members (excludes halogenated alkanes) is 1. The van der Waals surface area contributed by atoms with Crippen molar-refractivity contribution in [1.82, 2.24) is 10.2 Å². The molecule has 1 aliphatic heterocycles. The van der Waals surface area contributed by atoms with Crippen molar-refractivity contribution >= 4 is 0 Å². The highest BCUT2D eigenvalue weighted by atomic mass is 16.5. The fourth-order valence-electron chi connectivity index (χ4n) is 2.35. The van der Waals surface area contributed by atoms with Gasteiger partial charge in [-0.15, -0.1) is 0 Å². The first-order chi connectivity index (χ1) is 7.77. The van der Waals surface area contributed by atoms with Crippen LogP contribution in [0.4, 0.5) is 0 Å². The Kier molecular flexibility index (Phi) is 7.01. The lowest BCUT2D eigenvalue weighted by Crippen LogP contribution is -2.47. The van der Waals surface area contributed by atoms with Crippen LogP contribution in [-0.4, -0.2) is 50.3 Å². The second-order valence-electron chi connectivity index (χ2n) is 4.86. The van der Waals surface area contributed by atoms with Gasteiger partial charge in [-0.3, -0.25) is 4.90 Å². The Morgan fingerprint density at radius 3 is 2.81 bits per heavy atom. The largest absolute Gasteiger partial charge is 0.380 e. The zero-order valence-electron chi connectivity index (χ0n) is 11.2. The van der Waals surface area contributed by atoms with E-state index in [1.807, 2.05) is 0 Å². The first kappa shape index (κ1) is 13.9. The van der Waals surface area contributed by atoms with Gasteiger partial charge in [0.2, 0.25) is 0 Å². The summed E-state index contributed by atoms with van der Waals surface area (Å²) in [5.41, 5.74) is 0. The Morgan fingerprint density at radius 1 is 1.38 bits per heavy atom. The minimum absolute atomic E-state index is 0.695. The van der Waals surface area contributed by atoms with Gasteiger partial charge in [0.25, 0.3) is 0 Å². The van der Waals surface area contributed by atoms with Crippen LogP contribution in [0.15, 0.2) is 0 Å². The summed E-state index contributed by atoms with van der Waals surface area (Å²) in [7, 11) is 2.07. The lowest BCUT2D eigenvalue weighted by molar-refractivity contribution is 0.0686. The molecule has 1 rings (SSSR count). The minimum atomic E-state index is 0.695. The van der Waals surface area contributed by atoms with Gasteiger partial charge in [-0.1, -0.05) is 13.3 Å². The van der Waals surface area contributed by atoms with Gasteiger partial charge in [0.1, 0.15) is 0 Å². The number of nitrogens with one attached hydrogen (secondary N) is 1. The molecule has 0 saturated carbocycles. The zero-order chi connectivity index (χ0) is 11.8. The number of rotatable bonds is 7. The molecule has 0 spiro atoms. The maximum absolute atomic E-state index is 5.62. The van der Waals surface area contributed by atoms with E-state index in [9.17, 15) is 0 Å². The monoisotopic (exact) mass is 228 g/mol. The average molecular weight is 228 g/mol. The van der Waals surface area contributed by atoms with E-state index in [0.29, 0.717) is 12.1 Å². The molecular formula is C13H28N2O. The van der Waals surface area contributed by atoms with E-state index in [1.54, 1.807) is 0 Å². The Morgan fingerprint density at radius 2 is 2.19 bits per heavy atom. The molecule has 16 heavy (non-hydrogen) atoms. The van der Waals surface area contributed by atoms with Crippen LogP contribution >= 0.6 is 0 Å². The van der Waals surface area contributed by atoms with Crippen molar-refractivity contribution in [3.63, 3.8) is 0 Å². The molecule has 0 radical (unpaired) electrons. The van der Waals surface area contributed by atoms with Crippen LogP contribution in [0.2, 0.25) is 0 Å². The lowest BCUT2D eigenvalue weighted by atomic mass is 9.99. The molecule has 0 aromatic rings. The maximum Gasteiger partial charge on any atom is 0.0593 e. The molecular weight excluding hydrogens is 200 g/mol. The summed E-state index contributed by atoms with van der Waals surface area (Å²) in [5, 5.41) is 3.38. The zero-order valence-corrected chi connectivity index (χ0v) is 11.2. The van der Waals surface area contributed by atoms with Crippen molar-refractivity contribution < 1.29 is 4.74 Å². The van der Waals surface area contributed by atoms with Crippen molar-refractivity contribution in [3.05, 3.63) is 0 Å². The van der Waals surface area contributed by atoms with Crippen LogP contribution in [0.25, 0.3) is 0 Å². The van der Waals surface area contributed by atoms with Gasteiger partial charge >= 0.3 is 0 Å². The second kappa shape index (κ2) is 8.04. The first-order valence-corrected chi connectivity index (χ1v) is 6.77. The Bertz CT molecular complexity index is 175. The highest BCUT2D eigenvalue weighted by molar-refractivity contribution is 4.81. The average Bonchev–Trinajstić information content (AvgIpc) is 2.30. The number of hydrogen-bond donors (Lipinski definition) is 1. The smallest absolute Gasteiger partial charge is 0.0593 e. The van der Waals surface area contributed by atoms with Crippen LogP contribution in [0.3, 0.4) is 0 Å². The van der Waals surface area contributed by atoms with E-state index < -0.39 is 0 Å². The van der Waals surface area contributed by atoms with Gasteiger partial charge in [-0.05, 0) is 39.8 Å². The number of piperidine rings is 1. The van der Waals surface area contributed by atoms with E-state index in [-0.39, 0.29) is 0 Å². The quantitative estimate of drug-likeness (QED) is 0.673. The Labute approximate surface area is 101 Å². The third kappa shape index (κ3) is 4.81. The van der Waals surface area contributed by atoms with E-state index in [2.05, 4.69) is 31.1 Å². The normalized spacial score (nSPS) is 27.2. The first-order valence-electron chi connectivity index (χ1n) is 6.77. The molecule has 2 unspecified atom stereocenters. The SMILES string of the molecule is CCCCOCCN1CCC(NC)CC1C. The Balaban J connectivity index is 2.08. The summed E-state index contributed by atoms with van der Waals surface area (Å²) in [6.07, 6.45) is 4.96. The molecule has 1 saturated heterocycles. The molecule has 3 nitrogen and oxygen atoms in total. The lowest BCUT2D eigenvalue weighted by Gasteiger charge is -2.37. The van der Waals surface area contributed by atoms with E-state index in [1.165, 1.54) is 32.2 Å². The fourth-order valence-corrected chi connectivity index (χ4v) is 2.35. The molecule has 0 amide bonds. The molecule has 0 aromatic heterocycles. The van der Waals surface area contributed by atoms with Crippen molar-refractivity contribution in [2.45, 2.75) is 51.6 Å². The highest BCUT2D eigenvalue weighted by Crippen LogP contribution is 2.16. The minimum Gasteiger partial charge on any atom is -0.380 e. The van der Waals surface area contributed by atoms with Gasteiger partial charge in [-0.2, -0.15) is 0 Å². The summed E-state index contributed by atoms with van der Waals surface area (Å²) >= 11 is 0. The predicted octanol–water partition coefficient (Wildman–Crippen LogP) is 1.88. The standard InChI is InChI=1S/C13H28N2O/c1-4-5-9-16-10-8-15-7-6-13(14-3)11-12(15)2/h12-14H,4-11H2,1-3H3. The van der Waals surface area contributed by atoms with Gasteiger partial charge in [0, 0.05) is 25.2 Å². The van der Waals surface area contributed by atoms with Gasteiger partial charge in [0.05, 0.1) is 6.61 Å². The third-order valence-electron chi connectivity index (χ3n) is 3.59. The molecule has 96 valence electrons.